The maximum absolute atomic E-state index is 11.8. The Balaban J connectivity index is 2.40. The number of ether oxygens (including phenoxy) is 1. The van der Waals surface area contributed by atoms with Crippen molar-refractivity contribution in [3.63, 3.8) is 0 Å². The number of aromatic nitrogens is 2. The molecule has 1 unspecified atom stereocenters. The minimum absolute atomic E-state index is 0.137. The van der Waals surface area contributed by atoms with E-state index in [1.165, 1.54) is 0 Å². The molecule has 0 radical (unpaired) electrons. The molecule has 0 aliphatic heterocycles. The second kappa shape index (κ2) is 6.63. The Labute approximate surface area is 120 Å². The number of H-pyrrole nitrogens is 1. The molecule has 1 atom stereocenters. The van der Waals surface area contributed by atoms with Gasteiger partial charge in [-0.2, -0.15) is 0 Å². The highest BCUT2D eigenvalue weighted by atomic mass is 79.9. The standard InChI is InChI=1S/C14H15BrN2O2/c1-2-19-12(10-6-4-3-5-7-10)13-16-9-11(8-15)14(18)17-13/h3-7,9,12H,2,8H2,1H3,(H,16,17,18). The smallest absolute Gasteiger partial charge is 0.254 e. The molecule has 0 bridgehead atoms. The number of hydrogen-bond acceptors (Lipinski definition) is 3. The van der Waals surface area contributed by atoms with Gasteiger partial charge in [0.15, 0.2) is 0 Å². The molecule has 4 nitrogen and oxygen atoms in total. The molecule has 100 valence electrons. The van der Waals surface area contributed by atoms with Gasteiger partial charge in [0.1, 0.15) is 11.9 Å². The monoisotopic (exact) mass is 322 g/mol. The van der Waals surface area contributed by atoms with E-state index in [2.05, 4.69) is 25.9 Å². The summed E-state index contributed by atoms with van der Waals surface area (Å²) in [6.07, 6.45) is 1.24. The highest BCUT2D eigenvalue weighted by Crippen LogP contribution is 2.22. The summed E-state index contributed by atoms with van der Waals surface area (Å²) in [6, 6.07) is 9.73. The number of nitrogens with one attached hydrogen (secondary N) is 1. The molecule has 0 fully saturated rings. The van der Waals surface area contributed by atoms with Gasteiger partial charge >= 0.3 is 0 Å². The van der Waals surface area contributed by atoms with E-state index >= 15 is 0 Å². The van der Waals surface area contributed by atoms with Gasteiger partial charge in [0, 0.05) is 23.7 Å². The van der Waals surface area contributed by atoms with Gasteiger partial charge in [-0.25, -0.2) is 4.98 Å². The topological polar surface area (TPSA) is 55.0 Å². The predicted molar refractivity (Wildman–Crippen MR) is 77.4 cm³/mol. The third-order valence-corrected chi connectivity index (χ3v) is 3.32. The summed E-state index contributed by atoms with van der Waals surface area (Å²) in [6.45, 7) is 2.46. The van der Waals surface area contributed by atoms with Crippen molar-refractivity contribution in [1.82, 2.24) is 9.97 Å². The molecule has 5 heteroatoms. The maximum Gasteiger partial charge on any atom is 0.254 e. The molecule has 0 aliphatic rings. The van der Waals surface area contributed by atoms with Gasteiger partial charge in [0.05, 0.1) is 0 Å². The number of rotatable bonds is 5. The first kappa shape index (κ1) is 14.0. The Bertz CT molecular complexity index is 583. The second-order valence-corrected chi connectivity index (χ2v) is 4.56. The van der Waals surface area contributed by atoms with E-state index in [0.717, 1.165) is 5.56 Å². The van der Waals surface area contributed by atoms with Crippen molar-refractivity contribution < 1.29 is 4.74 Å². The van der Waals surface area contributed by atoms with Crippen molar-refractivity contribution in [3.8, 4) is 0 Å². The van der Waals surface area contributed by atoms with E-state index < -0.39 is 0 Å². The van der Waals surface area contributed by atoms with Crippen molar-refractivity contribution in [2.75, 3.05) is 6.61 Å². The first-order chi connectivity index (χ1) is 9.26. The van der Waals surface area contributed by atoms with Crippen LogP contribution in [-0.2, 0) is 10.1 Å². The molecule has 0 spiro atoms. The summed E-state index contributed by atoms with van der Waals surface area (Å²) in [5.74, 6) is 0.530. The van der Waals surface area contributed by atoms with E-state index in [1.807, 2.05) is 37.3 Å². The van der Waals surface area contributed by atoms with Gasteiger partial charge in [-0.3, -0.25) is 4.79 Å². The van der Waals surface area contributed by atoms with Crippen LogP contribution in [0.5, 0.6) is 0 Å². The first-order valence-corrected chi connectivity index (χ1v) is 7.19. The van der Waals surface area contributed by atoms with Crippen molar-refractivity contribution in [2.24, 2.45) is 0 Å². The zero-order valence-electron chi connectivity index (χ0n) is 10.6. The summed E-state index contributed by atoms with van der Waals surface area (Å²) in [5.41, 5.74) is 1.44. The van der Waals surface area contributed by atoms with Crippen LogP contribution in [0, 0.1) is 0 Å². The molecule has 0 amide bonds. The lowest BCUT2D eigenvalue weighted by Gasteiger charge is -2.16. The third-order valence-electron chi connectivity index (χ3n) is 2.72. The SMILES string of the molecule is CCOC(c1ccccc1)c1ncc(CBr)c(=O)[nH]1. The van der Waals surface area contributed by atoms with Gasteiger partial charge in [-0.05, 0) is 12.5 Å². The number of hydrogen-bond donors (Lipinski definition) is 1. The quantitative estimate of drug-likeness (QED) is 0.861. The Morgan fingerprint density at radius 2 is 2.11 bits per heavy atom. The molecule has 19 heavy (non-hydrogen) atoms. The number of nitrogens with zero attached hydrogens (tertiary/aromatic N) is 1. The van der Waals surface area contributed by atoms with Crippen LogP contribution in [0.4, 0.5) is 0 Å². The average Bonchev–Trinajstić information content (AvgIpc) is 2.45. The summed E-state index contributed by atoms with van der Waals surface area (Å²) >= 11 is 3.25. The van der Waals surface area contributed by atoms with Gasteiger partial charge in [-0.1, -0.05) is 46.3 Å². The lowest BCUT2D eigenvalue weighted by molar-refractivity contribution is 0.0849. The molecule has 1 N–H and O–H groups in total. The van der Waals surface area contributed by atoms with E-state index in [0.29, 0.717) is 23.3 Å². The summed E-state index contributed by atoms with van der Waals surface area (Å²) in [4.78, 5) is 18.9. The Kier molecular flexibility index (Phi) is 4.87. The van der Waals surface area contributed by atoms with Crippen LogP contribution in [-0.4, -0.2) is 16.6 Å². The predicted octanol–water partition coefficient (Wildman–Crippen LogP) is 2.79. The largest absolute Gasteiger partial charge is 0.366 e. The maximum atomic E-state index is 11.8. The molecular formula is C14H15BrN2O2. The van der Waals surface area contributed by atoms with Crippen LogP contribution in [0.2, 0.25) is 0 Å². The van der Waals surface area contributed by atoms with Gasteiger partial charge in [0.2, 0.25) is 0 Å². The highest BCUT2D eigenvalue weighted by molar-refractivity contribution is 9.08. The van der Waals surface area contributed by atoms with Crippen LogP contribution in [0.25, 0.3) is 0 Å². The van der Waals surface area contributed by atoms with E-state index in [1.54, 1.807) is 6.20 Å². The van der Waals surface area contributed by atoms with E-state index in [9.17, 15) is 4.79 Å². The molecular weight excluding hydrogens is 308 g/mol. The van der Waals surface area contributed by atoms with Crippen LogP contribution in [0.1, 0.15) is 30.0 Å². The van der Waals surface area contributed by atoms with Gasteiger partial charge < -0.3 is 9.72 Å². The fourth-order valence-electron chi connectivity index (χ4n) is 1.79. The lowest BCUT2D eigenvalue weighted by Crippen LogP contribution is -2.19. The fourth-order valence-corrected chi connectivity index (χ4v) is 2.19. The average molecular weight is 323 g/mol. The molecule has 0 saturated heterocycles. The third kappa shape index (κ3) is 3.30. The van der Waals surface area contributed by atoms with Crippen LogP contribution >= 0.6 is 15.9 Å². The zero-order chi connectivity index (χ0) is 13.7. The van der Waals surface area contributed by atoms with E-state index in [4.69, 9.17) is 4.74 Å². The number of aromatic amines is 1. The van der Waals surface area contributed by atoms with Crippen LogP contribution in [0.3, 0.4) is 0 Å². The zero-order valence-corrected chi connectivity index (χ0v) is 12.2. The van der Waals surface area contributed by atoms with Gasteiger partial charge in [-0.15, -0.1) is 0 Å². The number of alkyl halides is 1. The molecule has 0 saturated carbocycles. The number of halogens is 1. The van der Waals surface area contributed by atoms with Crippen LogP contribution in [0.15, 0.2) is 41.3 Å². The first-order valence-electron chi connectivity index (χ1n) is 6.06. The number of benzene rings is 1. The molecule has 2 aromatic rings. The van der Waals surface area contributed by atoms with Crippen molar-refractivity contribution in [2.45, 2.75) is 18.4 Å². The molecule has 2 rings (SSSR count). The molecule has 1 aromatic carbocycles. The highest BCUT2D eigenvalue weighted by Gasteiger charge is 2.17. The lowest BCUT2D eigenvalue weighted by atomic mass is 10.1. The summed E-state index contributed by atoms with van der Waals surface area (Å²) in [7, 11) is 0. The molecule has 1 heterocycles. The van der Waals surface area contributed by atoms with Gasteiger partial charge in [0.25, 0.3) is 5.56 Å². The Morgan fingerprint density at radius 3 is 2.68 bits per heavy atom. The fraction of sp³-hybridized carbons (Fsp3) is 0.286. The summed E-state index contributed by atoms with van der Waals surface area (Å²) in [5, 5.41) is 0.486. The van der Waals surface area contributed by atoms with Crippen molar-refractivity contribution >= 4 is 15.9 Å². The Hall–Kier alpha value is -1.46. The Morgan fingerprint density at radius 1 is 1.37 bits per heavy atom. The second-order valence-electron chi connectivity index (χ2n) is 4.00. The van der Waals surface area contributed by atoms with E-state index in [-0.39, 0.29) is 11.7 Å². The minimum Gasteiger partial charge on any atom is -0.366 e. The van der Waals surface area contributed by atoms with Crippen molar-refractivity contribution in [3.05, 3.63) is 63.8 Å². The molecule has 0 aliphatic carbocycles. The van der Waals surface area contributed by atoms with Crippen molar-refractivity contribution in [1.29, 1.82) is 0 Å². The van der Waals surface area contributed by atoms with Crippen LogP contribution < -0.4 is 5.56 Å². The summed E-state index contributed by atoms with van der Waals surface area (Å²) < 4.78 is 5.70. The minimum atomic E-state index is -0.344. The normalized spacial score (nSPS) is 12.3. The molecule has 1 aromatic heterocycles.